The van der Waals surface area contributed by atoms with Gasteiger partial charge in [-0.2, -0.15) is 0 Å². The molecule has 0 aliphatic heterocycles. The van der Waals surface area contributed by atoms with Crippen molar-refractivity contribution < 1.29 is 36.9 Å². The number of carbonyl (C=O) groups excluding carboxylic acids is 2. The van der Waals surface area contributed by atoms with Crippen LogP contribution in [0.5, 0.6) is 0 Å². The van der Waals surface area contributed by atoms with Crippen molar-refractivity contribution in [2.75, 3.05) is 0 Å². The Morgan fingerprint density at radius 1 is 0.923 bits per heavy atom. The molecule has 0 N–H and O–H groups in total. The van der Waals surface area contributed by atoms with Crippen LogP contribution < -0.4 is 10.2 Å². The molecular formula is C7H7CuNO4. The van der Waals surface area contributed by atoms with Gasteiger partial charge in [-0.05, 0) is 12.1 Å². The van der Waals surface area contributed by atoms with Crippen LogP contribution in [0.1, 0.15) is 0 Å². The predicted molar refractivity (Wildman–Crippen MR) is 36.4 cm³/mol. The average molecular weight is 233 g/mol. The van der Waals surface area contributed by atoms with Gasteiger partial charge in [-0.1, -0.05) is 6.07 Å². The van der Waals surface area contributed by atoms with Gasteiger partial charge in [-0.25, -0.2) is 0 Å². The minimum atomic E-state index is -0.500. The first-order valence-corrected chi connectivity index (χ1v) is 2.79. The topological polar surface area (TPSA) is 93.1 Å². The molecule has 1 aromatic heterocycles. The minimum Gasteiger partial charge on any atom is -0.554 e. The van der Waals surface area contributed by atoms with Crippen molar-refractivity contribution in [2.45, 2.75) is 0 Å². The third kappa shape index (κ3) is 37.0. The standard InChI is InChI=1S/C5H5N.2CH2O2.Cu/c1-2-4-6-5-3-1;2*2-1-3;/h1-5H;2*1H,(H,2,3);/q;;;+2/p-2. The summed E-state index contributed by atoms with van der Waals surface area (Å²) in [6.45, 7) is -1.00. The summed E-state index contributed by atoms with van der Waals surface area (Å²) >= 11 is 0. The summed E-state index contributed by atoms with van der Waals surface area (Å²) in [5.41, 5.74) is 0. The van der Waals surface area contributed by atoms with Gasteiger partial charge in [0.2, 0.25) is 0 Å². The fraction of sp³-hybridized carbons (Fsp3) is 0. The summed E-state index contributed by atoms with van der Waals surface area (Å²) < 4.78 is 0. The SMILES string of the molecule is O=C[O-].O=C[O-].[Cu+2].c1ccncc1. The largest absolute Gasteiger partial charge is 2.00 e. The number of aromatic nitrogens is 1. The Morgan fingerprint density at radius 2 is 1.23 bits per heavy atom. The van der Waals surface area contributed by atoms with E-state index in [0.29, 0.717) is 0 Å². The fourth-order valence-electron chi connectivity index (χ4n) is 0.313. The van der Waals surface area contributed by atoms with Crippen LogP contribution in [0.2, 0.25) is 0 Å². The molecule has 1 rings (SSSR count). The molecule has 0 aliphatic carbocycles. The molecule has 0 amide bonds. The predicted octanol–water partition coefficient (Wildman–Crippen LogP) is -2.19. The first-order valence-electron chi connectivity index (χ1n) is 2.79. The Labute approximate surface area is 85.9 Å². The number of nitrogens with zero attached hydrogens (tertiary/aromatic N) is 1. The third-order valence-electron chi connectivity index (χ3n) is 0.566. The van der Waals surface area contributed by atoms with Gasteiger partial charge in [-0.3, -0.25) is 4.98 Å². The monoisotopic (exact) mass is 232 g/mol. The van der Waals surface area contributed by atoms with Gasteiger partial charge in [0.1, 0.15) is 0 Å². The maximum Gasteiger partial charge on any atom is 2.00 e. The molecule has 75 valence electrons. The van der Waals surface area contributed by atoms with Crippen molar-refractivity contribution in [3.8, 4) is 0 Å². The number of rotatable bonds is 0. The van der Waals surface area contributed by atoms with E-state index in [2.05, 4.69) is 4.98 Å². The van der Waals surface area contributed by atoms with Crippen LogP contribution in [-0.4, -0.2) is 17.9 Å². The summed E-state index contributed by atoms with van der Waals surface area (Å²) in [6.07, 6.45) is 3.50. The number of hydrogen-bond acceptors (Lipinski definition) is 5. The van der Waals surface area contributed by atoms with E-state index in [-0.39, 0.29) is 17.1 Å². The summed E-state index contributed by atoms with van der Waals surface area (Å²) in [6, 6.07) is 5.72. The first kappa shape index (κ1) is 17.6. The number of carbonyl (C=O) groups is 2. The molecule has 0 fully saturated rings. The molecule has 0 aromatic carbocycles. The molecule has 13 heavy (non-hydrogen) atoms. The molecule has 1 radical (unpaired) electrons. The van der Waals surface area contributed by atoms with E-state index >= 15 is 0 Å². The van der Waals surface area contributed by atoms with Crippen LogP contribution in [0.25, 0.3) is 0 Å². The van der Waals surface area contributed by atoms with Crippen LogP contribution in [0.3, 0.4) is 0 Å². The van der Waals surface area contributed by atoms with Crippen LogP contribution in [0, 0.1) is 0 Å². The fourth-order valence-corrected chi connectivity index (χ4v) is 0.313. The van der Waals surface area contributed by atoms with Crippen LogP contribution in [-0.2, 0) is 26.7 Å². The van der Waals surface area contributed by atoms with Crippen LogP contribution >= 0.6 is 0 Å². The van der Waals surface area contributed by atoms with Gasteiger partial charge in [0.25, 0.3) is 0 Å². The second-order valence-corrected chi connectivity index (χ2v) is 1.22. The zero-order chi connectivity index (χ0) is 9.66. The van der Waals surface area contributed by atoms with E-state index in [1.54, 1.807) is 12.4 Å². The Morgan fingerprint density at radius 3 is 1.31 bits per heavy atom. The van der Waals surface area contributed by atoms with Gasteiger partial charge in [0, 0.05) is 25.3 Å². The van der Waals surface area contributed by atoms with Crippen molar-refractivity contribution in [3.63, 3.8) is 0 Å². The first-order chi connectivity index (χ1) is 5.83. The Hall–Kier alpha value is -1.39. The van der Waals surface area contributed by atoms with Crippen LogP contribution in [0.4, 0.5) is 0 Å². The van der Waals surface area contributed by atoms with Gasteiger partial charge in [0.15, 0.2) is 0 Å². The molecule has 1 aromatic rings. The van der Waals surface area contributed by atoms with Crippen LogP contribution in [0.15, 0.2) is 30.6 Å². The van der Waals surface area contributed by atoms with E-state index in [4.69, 9.17) is 19.8 Å². The molecule has 0 aliphatic rings. The van der Waals surface area contributed by atoms with Gasteiger partial charge in [0.05, 0.1) is 0 Å². The molecule has 0 unspecified atom stereocenters. The van der Waals surface area contributed by atoms with Crippen molar-refractivity contribution in [3.05, 3.63) is 30.6 Å². The summed E-state index contributed by atoms with van der Waals surface area (Å²) in [4.78, 5) is 20.3. The van der Waals surface area contributed by atoms with Gasteiger partial charge < -0.3 is 19.8 Å². The smallest absolute Gasteiger partial charge is 0.554 e. The molecule has 0 atom stereocenters. The van der Waals surface area contributed by atoms with Gasteiger partial charge >= 0.3 is 17.1 Å². The maximum atomic E-state index is 8.25. The molecule has 0 saturated carbocycles. The zero-order valence-corrected chi connectivity index (χ0v) is 7.36. The second kappa shape index (κ2) is 22.4. The molecular weight excluding hydrogens is 226 g/mol. The normalized spacial score (nSPS) is 5.54. The quantitative estimate of drug-likeness (QED) is 0.374. The number of pyridine rings is 1. The minimum absolute atomic E-state index is 0. The van der Waals surface area contributed by atoms with Crippen molar-refractivity contribution in [1.29, 1.82) is 0 Å². The Balaban J connectivity index is -0.000000126. The second-order valence-electron chi connectivity index (χ2n) is 1.22. The summed E-state index contributed by atoms with van der Waals surface area (Å²) in [7, 11) is 0. The molecule has 0 bridgehead atoms. The summed E-state index contributed by atoms with van der Waals surface area (Å²) in [5.74, 6) is 0. The number of carboxylic acid groups (broad SMARTS) is 2. The molecule has 1 heterocycles. The average Bonchev–Trinajstić information content (AvgIpc) is 2.10. The third-order valence-corrected chi connectivity index (χ3v) is 0.566. The van der Waals surface area contributed by atoms with E-state index in [1.165, 1.54) is 0 Å². The van der Waals surface area contributed by atoms with E-state index in [0.717, 1.165) is 0 Å². The van der Waals surface area contributed by atoms with Crippen molar-refractivity contribution in [2.24, 2.45) is 0 Å². The zero-order valence-electron chi connectivity index (χ0n) is 6.42. The van der Waals surface area contributed by atoms with Crippen molar-refractivity contribution in [1.82, 2.24) is 4.98 Å². The number of hydrogen-bond donors (Lipinski definition) is 0. The molecule has 5 nitrogen and oxygen atoms in total. The van der Waals surface area contributed by atoms with Crippen molar-refractivity contribution >= 4 is 12.9 Å². The summed E-state index contributed by atoms with van der Waals surface area (Å²) in [5, 5.41) is 16.5. The Kier molecular flexibility index (Phi) is 30.4. The van der Waals surface area contributed by atoms with E-state index in [9.17, 15) is 0 Å². The van der Waals surface area contributed by atoms with Gasteiger partial charge in [-0.15, -0.1) is 0 Å². The van der Waals surface area contributed by atoms with E-state index in [1.807, 2.05) is 18.2 Å². The van der Waals surface area contributed by atoms with E-state index < -0.39 is 12.9 Å². The molecule has 0 saturated heterocycles. The Bertz CT molecular complexity index is 150. The molecule has 0 spiro atoms. The molecule has 6 heteroatoms. The maximum absolute atomic E-state index is 8.25.